The van der Waals surface area contributed by atoms with E-state index in [0.717, 1.165) is 11.3 Å². The number of fused-ring (bicyclic) bond motifs is 1. The van der Waals surface area contributed by atoms with Crippen molar-refractivity contribution in [3.05, 3.63) is 48.1 Å². The van der Waals surface area contributed by atoms with Gasteiger partial charge in [0.05, 0.1) is 0 Å². The van der Waals surface area contributed by atoms with Crippen molar-refractivity contribution in [2.24, 2.45) is 0 Å². The van der Waals surface area contributed by atoms with Crippen LogP contribution >= 0.6 is 0 Å². The lowest BCUT2D eigenvalue weighted by molar-refractivity contribution is 0.627. The van der Waals surface area contributed by atoms with Crippen molar-refractivity contribution >= 4 is 27.0 Å². The van der Waals surface area contributed by atoms with E-state index in [-0.39, 0.29) is 4.99 Å². The second-order valence-electron chi connectivity index (χ2n) is 3.03. The summed E-state index contributed by atoms with van der Waals surface area (Å²) in [6.45, 7) is 0. The van der Waals surface area contributed by atoms with Crippen LogP contribution in [0.2, 0.25) is 0 Å². The molecule has 0 unspecified atom stereocenters. The standard InChI is InChI=1S/C11H9NO2S/c13-15(14)11-8-4-2-6-9-5-1-3-7-10(9)12-11/h1-8,12H/b6-2-,8-4-. The van der Waals surface area contributed by atoms with Gasteiger partial charge in [-0.05, 0) is 17.7 Å². The van der Waals surface area contributed by atoms with Gasteiger partial charge in [-0.2, -0.15) is 8.42 Å². The van der Waals surface area contributed by atoms with Gasteiger partial charge >= 0.3 is 0 Å². The van der Waals surface area contributed by atoms with Gasteiger partial charge in [-0.15, -0.1) is 0 Å². The van der Waals surface area contributed by atoms with Gasteiger partial charge in [-0.3, -0.25) is 0 Å². The van der Waals surface area contributed by atoms with Gasteiger partial charge in [0.1, 0.15) is 0 Å². The summed E-state index contributed by atoms with van der Waals surface area (Å²) in [5.74, 6) is 0. The first-order valence-electron chi connectivity index (χ1n) is 4.44. The van der Waals surface area contributed by atoms with E-state index >= 15 is 0 Å². The van der Waals surface area contributed by atoms with Crippen LogP contribution < -0.4 is 5.32 Å². The molecule has 1 aromatic rings. The molecule has 0 bridgehead atoms. The lowest BCUT2D eigenvalue weighted by Crippen LogP contribution is -2.11. The molecule has 1 aliphatic heterocycles. The third-order valence-corrected chi connectivity index (χ3v) is 2.63. The van der Waals surface area contributed by atoms with Crippen LogP contribution in [0.5, 0.6) is 0 Å². The van der Waals surface area contributed by atoms with Crippen LogP contribution in [0.25, 0.3) is 6.08 Å². The van der Waals surface area contributed by atoms with Crippen LogP contribution in [0, 0.1) is 0 Å². The molecule has 0 atom stereocenters. The van der Waals surface area contributed by atoms with Crippen molar-refractivity contribution in [1.29, 1.82) is 0 Å². The van der Waals surface area contributed by atoms with E-state index in [2.05, 4.69) is 5.32 Å². The minimum Gasteiger partial charge on any atom is -0.342 e. The van der Waals surface area contributed by atoms with Gasteiger partial charge in [0.2, 0.25) is 10.3 Å². The lowest BCUT2D eigenvalue weighted by atomic mass is 10.1. The molecule has 1 aromatic carbocycles. The lowest BCUT2D eigenvalue weighted by Gasteiger charge is -2.08. The molecule has 0 saturated carbocycles. The first-order chi connectivity index (χ1) is 7.27. The Hall–Kier alpha value is -1.81. The molecule has 0 aromatic heterocycles. The predicted octanol–water partition coefficient (Wildman–Crippen LogP) is 1.69. The van der Waals surface area contributed by atoms with E-state index in [9.17, 15) is 8.42 Å². The molecule has 2 rings (SSSR count). The Morgan fingerprint density at radius 2 is 1.73 bits per heavy atom. The molecular weight excluding hydrogens is 210 g/mol. The monoisotopic (exact) mass is 219 g/mol. The van der Waals surface area contributed by atoms with Gasteiger partial charge in [0.15, 0.2) is 4.99 Å². The van der Waals surface area contributed by atoms with Crippen molar-refractivity contribution in [3.63, 3.8) is 0 Å². The fraction of sp³-hybridized carbons (Fsp3) is 0. The number of benzene rings is 1. The predicted molar refractivity (Wildman–Crippen MR) is 62.2 cm³/mol. The van der Waals surface area contributed by atoms with Gasteiger partial charge < -0.3 is 5.32 Å². The molecule has 4 heteroatoms. The van der Waals surface area contributed by atoms with Gasteiger partial charge in [0, 0.05) is 5.69 Å². The van der Waals surface area contributed by atoms with Gasteiger partial charge in [0.25, 0.3) is 0 Å². The van der Waals surface area contributed by atoms with Crippen LogP contribution in [0.4, 0.5) is 5.69 Å². The zero-order chi connectivity index (χ0) is 10.7. The molecule has 0 radical (unpaired) electrons. The van der Waals surface area contributed by atoms with Crippen LogP contribution in [0.15, 0.2) is 42.5 Å². The summed E-state index contributed by atoms with van der Waals surface area (Å²) in [4.78, 5) is 0.173. The van der Waals surface area contributed by atoms with E-state index in [4.69, 9.17) is 0 Å². The Balaban J connectivity index is 2.59. The topological polar surface area (TPSA) is 46.2 Å². The van der Waals surface area contributed by atoms with Crippen molar-refractivity contribution in [1.82, 2.24) is 0 Å². The maximum absolute atomic E-state index is 10.9. The summed E-state index contributed by atoms with van der Waals surface area (Å²) in [6.07, 6.45) is 6.94. The molecule has 1 N–H and O–H groups in total. The first-order valence-corrected chi connectivity index (χ1v) is 5.52. The van der Waals surface area contributed by atoms with E-state index in [1.54, 1.807) is 6.08 Å². The highest BCUT2D eigenvalue weighted by Crippen LogP contribution is 2.17. The summed E-state index contributed by atoms with van der Waals surface area (Å²) in [7, 11) is -2.24. The number of para-hydroxylation sites is 1. The molecule has 0 amide bonds. The normalized spacial score (nSPS) is 18.0. The molecule has 15 heavy (non-hydrogen) atoms. The molecule has 0 spiro atoms. The number of nitrogens with one attached hydrogen (secondary N) is 1. The Morgan fingerprint density at radius 3 is 2.53 bits per heavy atom. The minimum absolute atomic E-state index is 0.173. The zero-order valence-electron chi connectivity index (χ0n) is 7.84. The van der Waals surface area contributed by atoms with E-state index < -0.39 is 10.3 Å². The Kier molecular flexibility index (Phi) is 2.69. The highest BCUT2D eigenvalue weighted by Gasteiger charge is 2.03. The molecule has 0 aliphatic carbocycles. The van der Waals surface area contributed by atoms with E-state index in [1.807, 2.05) is 36.4 Å². The summed E-state index contributed by atoms with van der Waals surface area (Å²) >= 11 is 0. The summed E-state index contributed by atoms with van der Waals surface area (Å²) < 4.78 is 21.7. The van der Waals surface area contributed by atoms with Crippen LogP contribution in [0.1, 0.15) is 5.56 Å². The van der Waals surface area contributed by atoms with Crippen molar-refractivity contribution < 1.29 is 8.42 Å². The van der Waals surface area contributed by atoms with Gasteiger partial charge in [-0.25, -0.2) is 0 Å². The second-order valence-corrected chi connectivity index (χ2v) is 3.94. The Bertz CT molecular complexity index is 560. The molecule has 76 valence electrons. The molecule has 0 saturated heterocycles. The number of hydrogen-bond donors (Lipinski definition) is 1. The highest BCUT2D eigenvalue weighted by atomic mass is 32.2. The molecule has 1 aliphatic rings. The molecular formula is C11H9NO2S. The SMILES string of the molecule is O=S(=O)=C1/C=C\C=C/c2ccccc2N1. The summed E-state index contributed by atoms with van der Waals surface area (Å²) in [6, 6.07) is 7.52. The van der Waals surface area contributed by atoms with Gasteiger partial charge in [-0.1, -0.05) is 36.4 Å². The van der Waals surface area contributed by atoms with E-state index in [0.29, 0.717) is 0 Å². The fourth-order valence-corrected chi connectivity index (χ4v) is 1.71. The number of allylic oxidation sites excluding steroid dienone is 2. The minimum atomic E-state index is -2.24. The maximum Gasteiger partial charge on any atom is 0.238 e. The first kappa shape index (κ1) is 9.73. The maximum atomic E-state index is 10.9. The smallest absolute Gasteiger partial charge is 0.238 e. The molecule has 0 fully saturated rings. The van der Waals surface area contributed by atoms with Crippen LogP contribution in [-0.4, -0.2) is 13.4 Å². The molecule has 3 nitrogen and oxygen atoms in total. The number of anilines is 1. The largest absolute Gasteiger partial charge is 0.342 e. The van der Waals surface area contributed by atoms with Crippen molar-refractivity contribution in [2.75, 3.05) is 5.32 Å². The fourth-order valence-electron chi connectivity index (χ4n) is 1.33. The second kappa shape index (κ2) is 4.14. The average Bonchev–Trinajstić information content (AvgIpc) is 2.18. The highest BCUT2D eigenvalue weighted by molar-refractivity contribution is 7.73. The molecule has 1 heterocycles. The summed E-state index contributed by atoms with van der Waals surface area (Å²) in [5.41, 5.74) is 1.75. The third kappa shape index (κ3) is 2.16. The van der Waals surface area contributed by atoms with Crippen LogP contribution in [-0.2, 0) is 10.3 Å². The van der Waals surface area contributed by atoms with Crippen molar-refractivity contribution in [3.8, 4) is 0 Å². The van der Waals surface area contributed by atoms with Crippen molar-refractivity contribution in [2.45, 2.75) is 0 Å². The quantitative estimate of drug-likeness (QED) is 0.675. The zero-order valence-corrected chi connectivity index (χ0v) is 8.66. The Morgan fingerprint density at radius 1 is 1.00 bits per heavy atom. The van der Waals surface area contributed by atoms with Crippen LogP contribution in [0.3, 0.4) is 0 Å². The number of rotatable bonds is 0. The third-order valence-electron chi connectivity index (χ3n) is 2.03. The number of hydrogen-bond acceptors (Lipinski definition) is 2. The Labute approximate surface area is 89.3 Å². The van der Waals surface area contributed by atoms with E-state index in [1.165, 1.54) is 6.08 Å². The average molecular weight is 219 g/mol. The summed E-state index contributed by atoms with van der Waals surface area (Å²) in [5, 5.41) is 2.86.